The van der Waals surface area contributed by atoms with Crippen LogP contribution >= 0.6 is 0 Å². The molecule has 1 heterocycles. The van der Waals surface area contributed by atoms with E-state index in [2.05, 4.69) is 17.2 Å². The first-order valence-corrected chi connectivity index (χ1v) is 6.91. The largest absolute Gasteiger partial charge is 0.326 e. The Morgan fingerprint density at radius 3 is 2.55 bits per heavy atom. The fraction of sp³-hybridized carbons (Fsp3) is 0.294. The fourth-order valence-corrected chi connectivity index (χ4v) is 2.24. The van der Waals surface area contributed by atoms with Crippen LogP contribution in [-0.4, -0.2) is 10.9 Å². The van der Waals surface area contributed by atoms with Crippen molar-refractivity contribution < 1.29 is 4.79 Å². The highest BCUT2D eigenvalue weighted by Crippen LogP contribution is 2.45. The maximum Gasteiger partial charge on any atom is 0.230 e. The average molecular weight is 266 g/mol. The van der Waals surface area contributed by atoms with Crippen molar-refractivity contribution >= 4 is 11.6 Å². The van der Waals surface area contributed by atoms with Crippen molar-refractivity contribution in [3.8, 4) is 11.1 Å². The van der Waals surface area contributed by atoms with E-state index in [1.807, 2.05) is 37.3 Å². The molecular formula is C17H18N2O. The van der Waals surface area contributed by atoms with Gasteiger partial charge >= 0.3 is 0 Å². The predicted octanol–water partition coefficient (Wildman–Crippen LogP) is 3.80. The Kier molecular flexibility index (Phi) is 3.05. The molecule has 0 aliphatic heterocycles. The Hall–Kier alpha value is -2.16. The van der Waals surface area contributed by atoms with E-state index in [0.717, 1.165) is 29.7 Å². The molecule has 102 valence electrons. The van der Waals surface area contributed by atoms with E-state index in [4.69, 9.17) is 0 Å². The minimum absolute atomic E-state index is 0.127. The summed E-state index contributed by atoms with van der Waals surface area (Å²) in [5, 5.41) is 3.03. The zero-order valence-electron chi connectivity index (χ0n) is 11.8. The minimum Gasteiger partial charge on any atom is -0.326 e. The van der Waals surface area contributed by atoms with Crippen molar-refractivity contribution in [1.82, 2.24) is 4.98 Å². The summed E-state index contributed by atoms with van der Waals surface area (Å²) < 4.78 is 0. The van der Waals surface area contributed by atoms with Crippen molar-refractivity contribution in [3.63, 3.8) is 0 Å². The van der Waals surface area contributed by atoms with Gasteiger partial charge in [-0.1, -0.05) is 13.0 Å². The van der Waals surface area contributed by atoms with Crippen LogP contribution in [0.3, 0.4) is 0 Å². The molecule has 3 heteroatoms. The SMILES string of the molecule is Cc1ccc(NC(=O)C2(C)CC2)cc1-c1ccncc1. The Morgan fingerprint density at radius 1 is 1.20 bits per heavy atom. The number of nitrogens with one attached hydrogen (secondary N) is 1. The first-order chi connectivity index (χ1) is 9.58. The number of carbonyl (C=O) groups is 1. The number of benzene rings is 1. The van der Waals surface area contributed by atoms with Crippen LogP contribution in [0.5, 0.6) is 0 Å². The molecule has 1 N–H and O–H groups in total. The molecule has 0 unspecified atom stereocenters. The van der Waals surface area contributed by atoms with Crippen LogP contribution in [0.4, 0.5) is 5.69 Å². The summed E-state index contributed by atoms with van der Waals surface area (Å²) in [6.45, 7) is 4.09. The first kappa shape index (κ1) is 12.9. The van der Waals surface area contributed by atoms with Crippen LogP contribution in [0.15, 0.2) is 42.7 Å². The number of hydrogen-bond acceptors (Lipinski definition) is 2. The number of carbonyl (C=O) groups excluding carboxylic acids is 1. The van der Waals surface area contributed by atoms with Gasteiger partial charge in [-0.05, 0) is 60.7 Å². The Labute approximate surface area is 119 Å². The van der Waals surface area contributed by atoms with E-state index in [1.54, 1.807) is 12.4 Å². The highest BCUT2D eigenvalue weighted by atomic mass is 16.2. The molecule has 0 radical (unpaired) electrons. The quantitative estimate of drug-likeness (QED) is 0.918. The van der Waals surface area contributed by atoms with Crippen LogP contribution in [0.25, 0.3) is 11.1 Å². The molecular weight excluding hydrogens is 248 g/mol. The van der Waals surface area contributed by atoms with Gasteiger partial charge in [0.15, 0.2) is 0 Å². The lowest BCUT2D eigenvalue weighted by Gasteiger charge is -2.13. The van der Waals surface area contributed by atoms with Crippen LogP contribution in [0.2, 0.25) is 0 Å². The number of nitrogens with zero attached hydrogens (tertiary/aromatic N) is 1. The van der Waals surface area contributed by atoms with E-state index < -0.39 is 0 Å². The molecule has 20 heavy (non-hydrogen) atoms. The van der Waals surface area contributed by atoms with Gasteiger partial charge in [-0.25, -0.2) is 0 Å². The molecule has 2 aromatic rings. The number of anilines is 1. The van der Waals surface area contributed by atoms with Crippen molar-refractivity contribution in [2.24, 2.45) is 5.41 Å². The molecule has 3 rings (SSSR count). The monoisotopic (exact) mass is 266 g/mol. The number of rotatable bonds is 3. The second-order valence-electron chi connectivity index (χ2n) is 5.78. The van der Waals surface area contributed by atoms with Gasteiger partial charge in [0.2, 0.25) is 5.91 Å². The molecule has 1 amide bonds. The van der Waals surface area contributed by atoms with Crippen molar-refractivity contribution in [2.75, 3.05) is 5.32 Å². The maximum absolute atomic E-state index is 12.1. The van der Waals surface area contributed by atoms with E-state index in [-0.39, 0.29) is 11.3 Å². The maximum atomic E-state index is 12.1. The molecule has 1 aliphatic carbocycles. The van der Waals surface area contributed by atoms with Gasteiger partial charge in [-0.15, -0.1) is 0 Å². The Balaban J connectivity index is 1.89. The topological polar surface area (TPSA) is 42.0 Å². The molecule has 3 nitrogen and oxygen atoms in total. The van der Waals surface area contributed by atoms with E-state index in [9.17, 15) is 4.79 Å². The summed E-state index contributed by atoms with van der Waals surface area (Å²) in [4.78, 5) is 16.2. The zero-order chi connectivity index (χ0) is 14.2. The third kappa shape index (κ3) is 2.44. The van der Waals surface area contributed by atoms with Gasteiger partial charge in [-0.2, -0.15) is 0 Å². The van der Waals surface area contributed by atoms with Gasteiger partial charge in [0.1, 0.15) is 0 Å². The summed E-state index contributed by atoms with van der Waals surface area (Å²) in [6.07, 6.45) is 5.54. The molecule has 1 saturated carbocycles. The molecule has 1 aliphatic rings. The van der Waals surface area contributed by atoms with Crippen LogP contribution in [-0.2, 0) is 4.79 Å². The number of pyridine rings is 1. The summed E-state index contributed by atoms with van der Waals surface area (Å²) in [7, 11) is 0. The second-order valence-corrected chi connectivity index (χ2v) is 5.78. The number of hydrogen-bond donors (Lipinski definition) is 1. The fourth-order valence-electron chi connectivity index (χ4n) is 2.24. The van der Waals surface area contributed by atoms with E-state index >= 15 is 0 Å². The molecule has 0 bridgehead atoms. The van der Waals surface area contributed by atoms with Crippen LogP contribution < -0.4 is 5.32 Å². The van der Waals surface area contributed by atoms with Gasteiger partial charge in [0, 0.05) is 23.5 Å². The molecule has 0 saturated heterocycles. The van der Waals surface area contributed by atoms with Crippen molar-refractivity contribution in [2.45, 2.75) is 26.7 Å². The second kappa shape index (κ2) is 4.75. The normalized spacial score (nSPS) is 15.7. The molecule has 0 spiro atoms. The lowest BCUT2D eigenvalue weighted by molar-refractivity contribution is -0.120. The van der Waals surface area contributed by atoms with Crippen LogP contribution in [0.1, 0.15) is 25.3 Å². The lowest BCUT2D eigenvalue weighted by atomic mass is 10.0. The average Bonchev–Trinajstić information content (AvgIpc) is 3.21. The minimum atomic E-state index is -0.151. The lowest BCUT2D eigenvalue weighted by Crippen LogP contribution is -2.21. The highest BCUT2D eigenvalue weighted by molar-refractivity contribution is 5.97. The summed E-state index contributed by atoms with van der Waals surface area (Å²) in [5.41, 5.74) is 4.14. The van der Waals surface area contributed by atoms with Crippen LogP contribution in [0, 0.1) is 12.3 Å². The van der Waals surface area contributed by atoms with E-state index in [0.29, 0.717) is 0 Å². The Morgan fingerprint density at radius 2 is 1.90 bits per heavy atom. The highest BCUT2D eigenvalue weighted by Gasteiger charge is 2.44. The molecule has 1 aromatic carbocycles. The summed E-state index contributed by atoms with van der Waals surface area (Å²) in [6, 6.07) is 10.0. The first-order valence-electron chi connectivity index (χ1n) is 6.91. The Bertz CT molecular complexity index is 645. The zero-order valence-corrected chi connectivity index (χ0v) is 11.8. The van der Waals surface area contributed by atoms with Gasteiger partial charge in [0.05, 0.1) is 0 Å². The number of aromatic nitrogens is 1. The third-order valence-electron chi connectivity index (χ3n) is 4.03. The van der Waals surface area contributed by atoms with Gasteiger partial charge in [-0.3, -0.25) is 9.78 Å². The van der Waals surface area contributed by atoms with E-state index in [1.165, 1.54) is 5.56 Å². The molecule has 1 aromatic heterocycles. The van der Waals surface area contributed by atoms with Crippen molar-refractivity contribution in [3.05, 3.63) is 48.3 Å². The number of amides is 1. The third-order valence-corrected chi connectivity index (χ3v) is 4.03. The standard InChI is InChI=1S/C17H18N2O/c1-12-3-4-14(19-16(20)17(2)7-8-17)11-15(12)13-5-9-18-10-6-13/h3-6,9-11H,7-8H2,1-2H3,(H,19,20). The molecule has 1 fully saturated rings. The smallest absolute Gasteiger partial charge is 0.230 e. The predicted molar refractivity (Wildman–Crippen MR) is 80.4 cm³/mol. The number of aryl methyl sites for hydroxylation is 1. The van der Waals surface area contributed by atoms with Gasteiger partial charge < -0.3 is 5.32 Å². The molecule has 0 atom stereocenters. The summed E-state index contributed by atoms with van der Waals surface area (Å²) in [5.74, 6) is 0.127. The summed E-state index contributed by atoms with van der Waals surface area (Å²) >= 11 is 0. The van der Waals surface area contributed by atoms with Gasteiger partial charge in [0.25, 0.3) is 0 Å². The van der Waals surface area contributed by atoms with Crippen molar-refractivity contribution in [1.29, 1.82) is 0 Å².